The van der Waals surface area contributed by atoms with Gasteiger partial charge in [-0.2, -0.15) is 0 Å². The second-order valence-electron chi connectivity index (χ2n) is 7.65. The number of hydrogen-bond acceptors (Lipinski definition) is 4. The molecule has 3 rings (SSSR count). The van der Waals surface area contributed by atoms with Crippen LogP contribution in [0.4, 0.5) is 4.39 Å². The van der Waals surface area contributed by atoms with E-state index in [9.17, 15) is 24.2 Å². The minimum atomic E-state index is -1.35. The number of ether oxygens (including phenoxy) is 1. The molecule has 1 heterocycles. The van der Waals surface area contributed by atoms with Crippen molar-refractivity contribution in [3.8, 4) is 5.75 Å². The summed E-state index contributed by atoms with van der Waals surface area (Å²) < 4.78 is 21.0. The van der Waals surface area contributed by atoms with Gasteiger partial charge in [-0.25, -0.2) is 9.18 Å². The van der Waals surface area contributed by atoms with Gasteiger partial charge in [-0.3, -0.25) is 4.79 Å². The predicted octanol–water partition coefficient (Wildman–Crippen LogP) is 4.28. The fourth-order valence-electron chi connectivity index (χ4n) is 3.69. The summed E-state index contributed by atoms with van der Waals surface area (Å²) >= 11 is 6.09. The molecule has 2 N–H and O–H groups in total. The van der Waals surface area contributed by atoms with Gasteiger partial charge in [0.1, 0.15) is 17.1 Å². The van der Waals surface area contributed by atoms with E-state index in [1.54, 1.807) is 22.8 Å². The standard InChI is InChI=1S/C23H23ClFNO5/c1-12(2)19(11-27)26-10-16(23(29)30)22(28)15-8-14(20(31-3)9-18(15)26)7-13-5-4-6-17(25)21(13)24/h4-6,8-10,12,19,27H,7,11H2,1-3H3,(H,29,30)/t19-/m1/s1. The molecule has 0 aliphatic carbocycles. The first-order valence-corrected chi connectivity index (χ1v) is 10.1. The molecule has 0 amide bonds. The van der Waals surface area contributed by atoms with Gasteiger partial charge < -0.3 is 19.5 Å². The summed E-state index contributed by atoms with van der Waals surface area (Å²) in [6.45, 7) is 3.54. The third kappa shape index (κ3) is 4.29. The van der Waals surface area contributed by atoms with Crippen LogP contribution in [0.5, 0.6) is 5.75 Å². The van der Waals surface area contributed by atoms with E-state index in [0.717, 1.165) is 0 Å². The van der Waals surface area contributed by atoms with Crippen molar-refractivity contribution >= 4 is 28.5 Å². The number of benzene rings is 2. The highest BCUT2D eigenvalue weighted by molar-refractivity contribution is 6.31. The Bertz CT molecular complexity index is 1200. The van der Waals surface area contributed by atoms with Crippen molar-refractivity contribution in [1.29, 1.82) is 0 Å². The fourth-order valence-corrected chi connectivity index (χ4v) is 3.88. The monoisotopic (exact) mass is 447 g/mol. The Balaban J connectivity index is 2.32. The van der Waals surface area contributed by atoms with Crippen molar-refractivity contribution < 1.29 is 24.1 Å². The van der Waals surface area contributed by atoms with E-state index in [1.165, 1.54) is 25.4 Å². The number of aliphatic hydroxyl groups excluding tert-OH is 1. The molecule has 3 aromatic rings. The zero-order valence-electron chi connectivity index (χ0n) is 17.4. The van der Waals surface area contributed by atoms with Gasteiger partial charge in [0, 0.05) is 24.1 Å². The zero-order valence-corrected chi connectivity index (χ0v) is 18.1. The molecule has 6 nitrogen and oxygen atoms in total. The number of carboxylic acids is 1. The number of pyridine rings is 1. The van der Waals surface area contributed by atoms with E-state index in [4.69, 9.17) is 16.3 Å². The quantitative estimate of drug-likeness (QED) is 0.564. The number of methoxy groups -OCH3 is 1. The Kier molecular flexibility index (Phi) is 6.67. The van der Waals surface area contributed by atoms with Crippen LogP contribution >= 0.6 is 11.6 Å². The largest absolute Gasteiger partial charge is 0.496 e. The van der Waals surface area contributed by atoms with Crippen molar-refractivity contribution in [2.75, 3.05) is 13.7 Å². The molecule has 0 unspecified atom stereocenters. The van der Waals surface area contributed by atoms with Crippen LogP contribution in [0, 0.1) is 11.7 Å². The summed E-state index contributed by atoms with van der Waals surface area (Å²) in [7, 11) is 1.47. The predicted molar refractivity (Wildman–Crippen MR) is 117 cm³/mol. The van der Waals surface area contributed by atoms with Crippen LogP contribution in [-0.2, 0) is 6.42 Å². The molecule has 0 aliphatic rings. The number of aromatic carboxylic acids is 1. The van der Waals surface area contributed by atoms with E-state index < -0.39 is 28.8 Å². The van der Waals surface area contributed by atoms with E-state index >= 15 is 0 Å². The second kappa shape index (κ2) is 9.08. The van der Waals surface area contributed by atoms with Crippen molar-refractivity contribution in [2.24, 2.45) is 5.92 Å². The molecule has 0 aliphatic heterocycles. The lowest BCUT2D eigenvalue weighted by Crippen LogP contribution is -2.25. The number of fused-ring (bicyclic) bond motifs is 1. The van der Waals surface area contributed by atoms with Crippen LogP contribution in [0.15, 0.2) is 41.3 Å². The molecular formula is C23H23ClFNO5. The van der Waals surface area contributed by atoms with Gasteiger partial charge in [-0.05, 0) is 29.2 Å². The van der Waals surface area contributed by atoms with Crippen LogP contribution in [0.25, 0.3) is 10.9 Å². The molecule has 1 atom stereocenters. The lowest BCUT2D eigenvalue weighted by molar-refractivity contribution is 0.0694. The van der Waals surface area contributed by atoms with Crippen molar-refractivity contribution in [1.82, 2.24) is 4.57 Å². The third-order valence-corrected chi connectivity index (χ3v) is 5.81. The molecule has 1 aromatic heterocycles. The first kappa shape index (κ1) is 22.8. The van der Waals surface area contributed by atoms with Gasteiger partial charge in [0.25, 0.3) is 0 Å². The van der Waals surface area contributed by atoms with Crippen LogP contribution in [0.2, 0.25) is 5.02 Å². The minimum absolute atomic E-state index is 0.0264. The lowest BCUT2D eigenvalue weighted by atomic mass is 9.98. The normalized spacial score (nSPS) is 12.4. The summed E-state index contributed by atoms with van der Waals surface area (Å²) in [6.07, 6.45) is 1.44. The third-order valence-electron chi connectivity index (χ3n) is 5.39. The van der Waals surface area contributed by atoms with Crippen molar-refractivity contribution in [2.45, 2.75) is 26.3 Å². The highest BCUT2D eigenvalue weighted by atomic mass is 35.5. The Morgan fingerprint density at radius 2 is 1.97 bits per heavy atom. The van der Waals surface area contributed by atoms with E-state index in [0.29, 0.717) is 22.4 Å². The van der Waals surface area contributed by atoms with Crippen molar-refractivity contribution in [3.63, 3.8) is 0 Å². The van der Waals surface area contributed by atoms with Crippen LogP contribution in [0.3, 0.4) is 0 Å². The number of nitrogens with zero attached hydrogens (tertiary/aromatic N) is 1. The summed E-state index contributed by atoms with van der Waals surface area (Å²) in [4.78, 5) is 24.7. The Morgan fingerprint density at radius 1 is 1.26 bits per heavy atom. The molecular weight excluding hydrogens is 425 g/mol. The van der Waals surface area contributed by atoms with Crippen LogP contribution in [-0.4, -0.2) is 34.5 Å². The first-order valence-electron chi connectivity index (χ1n) is 9.72. The molecule has 0 fully saturated rings. The van der Waals surface area contributed by atoms with Gasteiger partial charge in [0.05, 0.1) is 30.3 Å². The van der Waals surface area contributed by atoms with Crippen LogP contribution in [0.1, 0.15) is 41.4 Å². The Hall–Kier alpha value is -2.90. The second-order valence-corrected chi connectivity index (χ2v) is 8.03. The smallest absolute Gasteiger partial charge is 0.341 e. The average molecular weight is 448 g/mol. The number of aromatic nitrogens is 1. The molecule has 0 bridgehead atoms. The topological polar surface area (TPSA) is 88.8 Å². The average Bonchev–Trinajstić information content (AvgIpc) is 2.72. The summed E-state index contributed by atoms with van der Waals surface area (Å²) in [6, 6.07) is 7.19. The molecule has 0 spiro atoms. The van der Waals surface area contributed by atoms with Gasteiger partial charge in [-0.1, -0.05) is 37.6 Å². The SMILES string of the molecule is COc1cc2c(cc1Cc1cccc(F)c1Cl)c(=O)c(C(=O)O)cn2[C@H](CO)C(C)C. The van der Waals surface area contributed by atoms with Crippen molar-refractivity contribution in [3.05, 3.63) is 74.3 Å². The number of aliphatic hydroxyl groups is 1. The summed E-state index contributed by atoms with van der Waals surface area (Å²) in [5, 5.41) is 19.6. The molecule has 8 heteroatoms. The van der Waals surface area contributed by atoms with Gasteiger partial charge in [-0.15, -0.1) is 0 Å². The van der Waals surface area contributed by atoms with Gasteiger partial charge >= 0.3 is 5.97 Å². The summed E-state index contributed by atoms with van der Waals surface area (Å²) in [5.74, 6) is -1.51. The minimum Gasteiger partial charge on any atom is -0.496 e. The molecule has 31 heavy (non-hydrogen) atoms. The number of carboxylic acid groups (broad SMARTS) is 1. The number of halogens is 2. The Labute approximate surface area is 183 Å². The number of rotatable bonds is 7. The summed E-state index contributed by atoms with van der Waals surface area (Å²) in [5.41, 5.74) is 0.455. The Morgan fingerprint density at radius 3 is 2.55 bits per heavy atom. The van der Waals surface area contributed by atoms with E-state index in [1.807, 2.05) is 13.8 Å². The highest BCUT2D eigenvalue weighted by Crippen LogP contribution is 2.32. The van der Waals surface area contributed by atoms with E-state index in [2.05, 4.69) is 0 Å². The lowest BCUT2D eigenvalue weighted by Gasteiger charge is -2.25. The maximum absolute atomic E-state index is 13.9. The zero-order chi connectivity index (χ0) is 22.9. The first-order chi connectivity index (χ1) is 14.7. The molecule has 164 valence electrons. The number of hydrogen-bond donors (Lipinski definition) is 2. The molecule has 0 saturated carbocycles. The molecule has 0 saturated heterocycles. The maximum atomic E-state index is 13.9. The van der Waals surface area contributed by atoms with E-state index in [-0.39, 0.29) is 29.4 Å². The highest BCUT2D eigenvalue weighted by Gasteiger charge is 2.23. The molecule has 0 radical (unpaired) electrons. The van der Waals surface area contributed by atoms with Gasteiger partial charge in [0.15, 0.2) is 0 Å². The molecule has 2 aromatic carbocycles. The van der Waals surface area contributed by atoms with Crippen LogP contribution < -0.4 is 10.2 Å². The maximum Gasteiger partial charge on any atom is 0.341 e. The van der Waals surface area contributed by atoms with Gasteiger partial charge in [0.2, 0.25) is 5.43 Å². The number of carbonyl (C=O) groups is 1. The fraction of sp³-hybridized carbons (Fsp3) is 0.304.